The van der Waals surface area contributed by atoms with Crippen LogP contribution in [-0.2, 0) is 16.4 Å². The largest absolute Gasteiger partial charge is 0.316 e. The molecule has 9 heteroatoms. The molecule has 1 aliphatic heterocycles. The fourth-order valence-electron chi connectivity index (χ4n) is 5.57. The van der Waals surface area contributed by atoms with Crippen molar-refractivity contribution in [3.8, 4) is 22.5 Å². The van der Waals surface area contributed by atoms with E-state index in [1.807, 2.05) is 24.3 Å². The molecule has 2 heterocycles. The Labute approximate surface area is 200 Å². The molecule has 2 aromatic carbocycles. The SMILES string of the molecule is C[C@H]1CC[C@@H](Cc2ccc(-c3ccc(C4CCNC4)cc3)c(-c3nnn[nH]3)c2S(N)(=O)=O)CC1. The highest BCUT2D eigenvalue weighted by Crippen LogP contribution is 2.40. The summed E-state index contributed by atoms with van der Waals surface area (Å²) in [7, 11) is -4.03. The minimum Gasteiger partial charge on any atom is -0.316 e. The average Bonchev–Trinajstić information content (AvgIpc) is 3.54. The van der Waals surface area contributed by atoms with Gasteiger partial charge < -0.3 is 5.32 Å². The van der Waals surface area contributed by atoms with Gasteiger partial charge in [-0.2, -0.15) is 0 Å². The minimum atomic E-state index is -4.03. The van der Waals surface area contributed by atoms with Crippen molar-refractivity contribution in [2.45, 2.75) is 56.3 Å². The minimum absolute atomic E-state index is 0.131. The van der Waals surface area contributed by atoms with Crippen LogP contribution in [0.15, 0.2) is 41.3 Å². The summed E-state index contributed by atoms with van der Waals surface area (Å²) in [4.78, 5) is 0.131. The number of primary sulfonamides is 1. The average molecular weight is 481 g/mol. The van der Waals surface area contributed by atoms with Crippen LogP contribution in [0.1, 0.15) is 56.1 Å². The van der Waals surface area contributed by atoms with Gasteiger partial charge in [0.2, 0.25) is 10.0 Å². The zero-order valence-corrected chi connectivity index (χ0v) is 20.3. The molecule has 1 aromatic heterocycles. The normalized spacial score (nSPS) is 23.3. The first-order chi connectivity index (χ1) is 16.4. The van der Waals surface area contributed by atoms with E-state index in [0.717, 1.165) is 55.0 Å². The third-order valence-corrected chi connectivity index (χ3v) is 8.54. The Kier molecular flexibility index (Phi) is 6.50. The number of hydrogen-bond donors (Lipinski definition) is 3. The molecule has 1 atom stereocenters. The Morgan fingerprint density at radius 1 is 1.03 bits per heavy atom. The molecular weight excluding hydrogens is 448 g/mol. The molecule has 0 radical (unpaired) electrons. The van der Waals surface area contributed by atoms with Crippen molar-refractivity contribution in [2.24, 2.45) is 17.0 Å². The number of sulfonamides is 1. The molecule has 2 aliphatic rings. The summed E-state index contributed by atoms with van der Waals surface area (Å²) < 4.78 is 25.9. The highest BCUT2D eigenvalue weighted by molar-refractivity contribution is 7.89. The van der Waals surface area contributed by atoms with E-state index < -0.39 is 10.0 Å². The number of tetrazole rings is 1. The highest BCUT2D eigenvalue weighted by Gasteiger charge is 2.28. The quantitative estimate of drug-likeness (QED) is 0.494. The zero-order valence-electron chi connectivity index (χ0n) is 19.5. The van der Waals surface area contributed by atoms with Crippen LogP contribution in [0.2, 0.25) is 0 Å². The van der Waals surface area contributed by atoms with Gasteiger partial charge in [0.15, 0.2) is 5.82 Å². The number of nitrogens with one attached hydrogen (secondary N) is 2. The van der Waals surface area contributed by atoms with E-state index in [2.05, 4.69) is 45.0 Å². The van der Waals surface area contributed by atoms with Crippen LogP contribution < -0.4 is 10.5 Å². The van der Waals surface area contributed by atoms with E-state index in [4.69, 9.17) is 5.14 Å². The third-order valence-electron chi connectivity index (χ3n) is 7.50. The van der Waals surface area contributed by atoms with Crippen molar-refractivity contribution in [1.29, 1.82) is 0 Å². The van der Waals surface area contributed by atoms with Crippen LogP contribution in [0.5, 0.6) is 0 Å². The lowest BCUT2D eigenvalue weighted by Crippen LogP contribution is -2.20. The van der Waals surface area contributed by atoms with Crippen molar-refractivity contribution in [2.75, 3.05) is 13.1 Å². The molecule has 1 aliphatic carbocycles. The number of aromatic amines is 1. The smallest absolute Gasteiger partial charge is 0.239 e. The summed E-state index contributed by atoms with van der Waals surface area (Å²) in [5, 5.41) is 23.5. The summed E-state index contributed by atoms with van der Waals surface area (Å²) in [5.74, 6) is 1.99. The van der Waals surface area contributed by atoms with Gasteiger partial charge in [0.25, 0.3) is 0 Å². The predicted octanol–water partition coefficient (Wildman–Crippen LogP) is 3.63. The Hall–Kier alpha value is -2.62. The molecule has 0 amide bonds. The molecule has 180 valence electrons. The maximum atomic E-state index is 13.0. The topological polar surface area (TPSA) is 127 Å². The number of nitrogens with two attached hydrogens (primary N) is 1. The molecule has 1 unspecified atom stereocenters. The molecule has 5 rings (SSSR count). The second-order valence-electron chi connectivity index (χ2n) is 9.91. The van der Waals surface area contributed by atoms with Crippen LogP contribution >= 0.6 is 0 Å². The second-order valence-corrected chi connectivity index (χ2v) is 11.4. The number of rotatable bonds is 6. The van der Waals surface area contributed by atoms with E-state index in [1.165, 1.54) is 18.4 Å². The summed E-state index contributed by atoms with van der Waals surface area (Å²) in [6.45, 7) is 4.30. The summed E-state index contributed by atoms with van der Waals surface area (Å²) in [6, 6.07) is 12.3. The third kappa shape index (κ3) is 4.78. The fraction of sp³-hybridized carbons (Fsp3) is 0.480. The summed E-state index contributed by atoms with van der Waals surface area (Å²) >= 11 is 0. The summed E-state index contributed by atoms with van der Waals surface area (Å²) in [5.41, 5.74) is 4.13. The molecule has 1 saturated carbocycles. The molecule has 2 fully saturated rings. The van der Waals surface area contributed by atoms with E-state index in [-0.39, 0.29) is 4.90 Å². The maximum absolute atomic E-state index is 13.0. The van der Waals surface area contributed by atoms with Gasteiger partial charge in [0.1, 0.15) is 0 Å². The number of nitrogens with zero attached hydrogens (tertiary/aromatic N) is 3. The molecular formula is C25H32N6O2S. The van der Waals surface area contributed by atoms with E-state index in [1.54, 1.807) is 0 Å². The first-order valence-electron chi connectivity index (χ1n) is 12.1. The molecule has 34 heavy (non-hydrogen) atoms. The number of benzene rings is 2. The van der Waals surface area contributed by atoms with Crippen LogP contribution in [-0.4, -0.2) is 42.1 Å². The Morgan fingerprint density at radius 3 is 2.41 bits per heavy atom. The molecule has 4 N–H and O–H groups in total. The first-order valence-corrected chi connectivity index (χ1v) is 13.7. The van der Waals surface area contributed by atoms with Crippen LogP contribution in [0.4, 0.5) is 0 Å². The second kappa shape index (κ2) is 9.56. The predicted molar refractivity (Wildman–Crippen MR) is 131 cm³/mol. The monoisotopic (exact) mass is 480 g/mol. The van der Waals surface area contributed by atoms with Crippen LogP contribution in [0, 0.1) is 11.8 Å². The number of H-pyrrole nitrogens is 1. The maximum Gasteiger partial charge on any atom is 0.239 e. The Balaban J connectivity index is 1.59. The van der Waals surface area contributed by atoms with Crippen molar-refractivity contribution >= 4 is 10.0 Å². The number of hydrogen-bond acceptors (Lipinski definition) is 6. The van der Waals surface area contributed by atoms with Gasteiger partial charge in [0.05, 0.1) is 4.90 Å². The van der Waals surface area contributed by atoms with E-state index in [0.29, 0.717) is 29.6 Å². The van der Waals surface area contributed by atoms with Crippen LogP contribution in [0.3, 0.4) is 0 Å². The van der Waals surface area contributed by atoms with Gasteiger partial charge in [-0.05, 0) is 82.7 Å². The fourth-order valence-corrected chi connectivity index (χ4v) is 6.58. The van der Waals surface area contributed by atoms with Crippen molar-refractivity contribution in [3.05, 3.63) is 47.5 Å². The highest BCUT2D eigenvalue weighted by atomic mass is 32.2. The molecule has 8 nitrogen and oxygen atoms in total. The van der Waals surface area contributed by atoms with Crippen LogP contribution in [0.25, 0.3) is 22.5 Å². The first kappa shape index (κ1) is 23.1. The lowest BCUT2D eigenvalue weighted by atomic mass is 9.79. The standard InChI is InChI=1S/C25H32N6O2S/c1-16-2-4-17(5-3-16)14-20-10-11-22(19-8-6-18(7-9-19)21-12-13-27-15-21)23(24(20)34(26,32)33)25-28-30-31-29-25/h6-11,16-17,21,27H,2-5,12-15H2,1H3,(H2,26,32,33)(H,28,29,30,31)/t16-,17+,21?. The van der Waals surface area contributed by atoms with E-state index >= 15 is 0 Å². The van der Waals surface area contributed by atoms with Crippen molar-refractivity contribution < 1.29 is 8.42 Å². The Bertz CT molecular complexity index is 1230. The summed E-state index contributed by atoms with van der Waals surface area (Å²) in [6.07, 6.45) is 6.36. The lowest BCUT2D eigenvalue weighted by Gasteiger charge is -2.27. The molecule has 3 aromatic rings. The lowest BCUT2D eigenvalue weighted by molar-refractivity contribution is 0.288. The zero-order chi connectivity index (χ0) is 23.7. The molecule has 1 saturated heterocycles. The van der Waals surface area contributed by atoms with Gasteiger partial charge in [-0.1, -0.05) is 56.2 Å². The van der Waals surface area contributed by atoms with Gasteiger partial charge in [-0.15, -0.1) is 5.10 Å². The van der Waals surface area contributed by atoms with Crippen molar-refractivity contribution in [1.82, 2.24) is 25.9 Å². The van der Waals surface area contributed by atoms with Gasteiger partial charge in [-0.25, -0.2) is 18.7 Å². The number of aromatic nitrogens is 4. The Morgan fingerprint density at radius 2 is 1.79 bits per heavy atom. The molecule has 0 bridgehead atoms. The van der Waals surface area contributed by atoms with Gasteiger partial charge in [0, 0.05) is 12.1 Å². The van der Waals surface area contributed by atoms with E-state index in [9.17, 15) is 8.42 Å². The van der Waals surface area contributed by atoms with Crippen molar-refractivity contribution in [3.63, 3.8) is 0 Å². The van der Waals surface area contributed by atoms with Gasteiger partial charge in [-0.3, -0.25) is 0 Å². The van der Waals surface area contributed by atoms with Gasteiger partial charge >= 0.3 is 0 Å². The molecule has 0 spiro atoms.